The third kappa shape index (κ3) is 2.17. The zero-order valence-corrected chi connectivity index (χ0v) is 6.36. The van der Waals surface area contributed by atoms with Crippen LogP contribution in [-0.4, -0.2) is 46.8 Å². The molecule has 0 saturated carbocycles. The van der Waals surface area contributed by atoms with Crippen LogP contribution in [0, 0.1) is 0 Å². The van der Waals surface area contributed by atoms with Gasteiger partial charge < -0.3 is 10.2 Å². The Morgan fingerprint density at radius 3 is 2.91 bits per heavy atom. The summed E-state index contributed by atoms with van der Waals surface area (Å²) in [5.41, 5.74) is 0. The van der Waals surface area contributed by atoms with Gasteiger partial charge in [-0.3, -0.25) is 9.69 Å². The van der Waals surface area contributed by atoms with E-state index in [0.29, 0.717) is 0 Å². The lowest BCUT2D eigenvalue weighted by atomic mass is 10.2. The standard InChI is InChI=1S/C7H13NO3/c9-5-6-2-1-3-8(6)4-7(10)11/h6,9H,1-5H2,(H,10,11). The van der Waals surface area contributed by atoms with Crippen molar-refractivity contribution in [2.45, 2.75) is 18.9 Å². The van der Waals surface area contributed by atoms with Gasteiger partial charge in [-0.05, 0) is 19.4 Å². The summed E-state index contributed by atoms with van der Waals surface area (Å²) >= 11 is 0. The number of hydrogen-bond donors (Lipinski definition) is 2. The second-order valence-corrected chi connectivity index (χ2v) is 2.84. The number of carboxylic acid groups (broad SMARTS) is 1. The Morgan fingerprint density at radius 2 is 2.36 bits per heavy atom. The van der Waals surface area contributed by atoms with Crippen LogP contribution in [0.5, 0.6) is 0 Å². The van der Waals surface area contributed by atoms with Crippen molar-refractivity contribution in [2.75, 3.05) is 19.7 Å². The number of aliphatic hydroxyl groups excluding tert-OH is 1. The van der Waals surface area contributed by atoms with Gasteiger partial charge in [0.1, 0.15) is 0 Å². The molecule has 1 atom stereocenters. The van der Waals surface area contributed by atoms with Crippen molar-refractivity contribution >= 4 is 5.97 Å². The summed E-state index contributed by atoms with van der Waals surface area (Å²) < 4.78 is 0. The van der Waals surface area contributed by atoms with Crippen molar-refractivity contribution in [3.8, 4) is 0 Å². The van der Waals surface area contributed by atoms with Gasteiger partial charge in [-0.1, -0.05) is 0 Å². The third-order valence-corrected chi connectivity index (χ3v) is 2.05. The predicted octanol–water partition coefficient (Wildman–Crippen LogP) is -0.472. The minimum absolute atomic E-state index is 0.0607. The molecule has 0 bridgehead atoms. The normalized spacial score (nSPS) is 25.7. The SMILES string of the molecule is O=C(O)CN1CCCC1CO. The maximum absolute atomic E-state index is 10.3. The van der Waals surface area contributed by atoms with Crippen molar-refractivity contribution in [3.05, 3.63) is 0 Å². The molecule has 4 nitrogen and oxygen atoms in total. The van der Waals surface area contributed by atoms with E-state index in [4.69, 9.17) is 10.2 Å². The molecule has 64 valence electrons. The van der Waals surface area contributed by atoms with Crippen LogP contribution in [0.4, 0.5) is 0 Å². The zero-order valence-electron chi connectivity index (χ0n) is 6.36. The fraction of sp³-hybridized carbons (Fsp3) is 0.857. The van der Waals surface area contributed by atoms with Gasteiger partial charge in [0.25, 0.3) is 0 Å². The van der Waals surface area contributed by atoms with Gasteiger partial charge in [-0.25, -0.2) is 0 Å². The molecule has 1 heterocycles. The summed E-state index contributed by atoms with van der Waals surface area (Å²) in [6.45, 7) is 0.941. The number of likely N-dealkylation sites (tertiary alicyclic amines) is 1. The Kier molecular flexibility index (Phi) is 2.84. The van der Waals surface area contributed by atoms with Crippen LogP contribution >= 0.6 is 0 Å². The highest BCUT2D eigenvalue weighted by atomic mass is 16.4. The molecule has 1 aliphatic heterocycles. The van der Waals surface area contributed by atoms with Crippen molar-refractivity contribution in [1.82, 2.24) is 4.90 Å². The minimum Gasteiger partial charge on any atom is -0.480 e. The summed E-state index contributed by atoms with van der Waals surface area (Å²) in [5, 5.41) is 17.3. The molecule has 1 aliphatic rings. The van der Waals surface area contributed by atoms with Gasteiger partial charge in [0.2, 0.25) is 0 Å². The Morgan fingerprint density at radius 1 is 1.64 bits per heavy atom. The van der Waals surface area contributed by atoms with E-state index >= 15 is 0 Å². The lowest BCUT2D eigenvalue weighted by molar-refractivity contribution is -0.138. The molecule has 0 aliphatic carbocycles. The number of hydrogen-bond acceptors (Lipinski definition) is 3. The van der Waals surface area contributed by atoms with Gasteiger partial charge in [-0.15, -0.1) is 0 Å². The van der Waals surface area contributed by atoms with Crippen molar-refractivity contribution in [3.63, 3.8) is 0 Å². The molecule has 1 rings (SSSR count). The molecule has 4 heteroatoms. The Balaban J connectivity index is 2.37. The minimum atomic E-state index is -0.814. The first-order valence-corrected chi connectivity index (χ1v) is 3.80. The van der Waals surface area contributed by atoms with E-state index in [1.165, 1.54) is 0 Å². The summed E-state index contributed by atoms with van der Waals surface area (Å²) in [4.78, 5) is 12.1. The van der Waals surface area contributed by atoms with E-state index in [1.807, 2.05) is 4.90 Å². The molecule has 0 aromatic carbocycles. The Hall–Kier alpha value is -0.610. The van der Waals surface area contributed by atoms with Crippen molar-refractivity contribution in [2.24, 2.45) is 0 Å². The van der Waals surface area contributed by atoms with Crippen LogP contribution in [0.1, 0.15) is 12.8 Å². The van der Waals surface area contributed by atoms with E-state index in [9.17, 15) is 4.79 Å². The molecule has 0 spiro atoms. The topological polar surface area (TPSA) is 60.8 Å². The fourth-order valence-corrected chi connectivity index (χ4v) is 1.48. The summed E-state index contributed by atoms with van der Waals surface area (Å²) in [6, 6.07) is 0.0751. The summed E-state index contributed by atoms with van der Waals surface area (Å²) in [6.07, 6.45) is 1.92. The van der Waals surface area contributed by atoms with E-state index in [1.54, 1.807) is 0 Å². The number of carbonyl (C=O) groups is 1. The average Bonchev–Trinajstić information content (AvgIpc) is 2.34. The lowest BCUT2D eigenvalue weighted by Gasteiger charge is -2.19. The smallest absolute Gasteiger partial charge is 0.317 e. The van der Waals surface area contributed by atoms with E-state index in [0.717, 1.165) is 19.4 Å². The highest BCUT2D eigenvalue weighted by molar-refractivity contribution is 5.69. The number of rotatable bonds is 3. The highest BCUT2D eigenvalue weighted by Gasteiger charge is 2.24. The molecular weight excluding hydrogens is 146 g/mol. The maximum atomic E-state index is 10.3. The molecule has 0 aromatic rings. The average molecular weight is 159 g/mol. The van der Waals surface area contributed by atoms with Crippen LogP contribution in [0.15, 0.2) is 0 Å². The van der Waals surface area contributed by atoms with E-state index < -0.39 is 5.97 Å². The molecule has 0 radical (unpaired) electrons. The van der Waals surface area contributed by atoms with Crippen LogP contribution in [0.25, 0.3) is 0 Å². The molecule has 1 fully saturated rings. The summed E-state index contributed by atoms with van der Waals surface area (Å²) in [5.74, 6) is -0.814. The second-order valence-electron chi connectivity index (χ2n) is 2.84. The monoisotopic (exact) mass is 159 g/mol. The Labute approximate surface area is 65.4 Å². The molecular formula is C7H13NO3. The largest absolute Gasteiger partial charge is 0.480 e. The quantitative estimate of drug-likeness (QED) is 0.584. The van der Waals surface area contributed by atoms with Gasteiger partial charge >= 0.3 is 5.97 Å². The molecule has 0 amide bonds. The van der Waals surface area contributed by atoms with Crippen molar-refractivity contribution < 1.29 is 15.0 Å². The maximum Gasteiger partial charge on any atom is 0.317 e. The second kappa shape index (κ2) is 3.69. The van der Waals surface area contributed by atoms with Gasteiger partial charge in [0, 0.05) is 6.04 Å². The Bertz CT molecular complexity index is 149. The highest BCUT2D eigenvalue weighted by Crippen LogP contribution is 2.15. The molecule has 1 unspecified atom stereocenters. The molecule has 0 aromatic heterocycles. The number of nitrogens with zero attached hydrogens (tertiary/aromatic N) is 1. The molecule has 2 N–H and O–H groups in total. The molecule has 1 saturated heterocycles. The van der Waals surface area contributed by atoms with Gasteiger partial charge in [0.15, 0.2) is 0 Å². The van der Waals surface area contributed by atoms with E-state index in [2.05, 4.69) is 0 Å². The fourth-order valence-electron chi connectivity index (χ4n) is 1.48. The first-order valence-electron chi connectivity index (χ1n) is 3.80. The van der Waals surface area contributed by atoms with E-state index in [-0.39, 0.29) is 19.2 Å². The van der Waals surface area contributed by atoms with Crippen LogP contribution in [-0.2, 0) is 4.79 Å². The van der Waals surface area contributed by atoms with Crippen LogP contribution in [0.2, 0.25) is 0 Å². The number of aliphatic carboxylic acids is 1. The first-order chi connectivity index (χ1) is 5.24. The van der Waals surface area contributed by atoms with Crippen LogP contribution < -0.4 is 0 Å². The molecule has 11 heavy (non-hydrogen) atoms. The van der Waals surface area contributed by atoms with Crippen LogP contribution in [0.3, 0.4) is 0 Å². The lowest BCUT2D eigenvalue weighted by Crippen LogP contribution is -2.36. The van der Waals surface area contributed by atoms with Crippen molar-refractivity contribution in [1.29, 1.82) is 0 Å². The zero-order chi connectivity index (χ0) is 8.27. The summed E-state index contributed by atoms with van der Waals surface area (Å²) in [7, 11) is 0. The van der Waals surface area contributed by atoms with Gasteiger partial charge in [-0.2, -0.15) is 0 Å². The number of aliphatic hydroxyl groups is 1. The third-order valence-electron chi connectivity index (χ3n) is 2.05. The van der Waals surface area contributed by atoms with Gasteiger partial charge in [0.05, 0.1) is 13.2 Å². The number of carboxylic acids is 1. The first kappa shape index (κ1) is 8.49. The predicted molar refractivity (Wildman–Crippen MR) is 39.3 cm³/mol.